The predicted molar refractivity (Wildman–Crippen MR) is 123 cm³/mol. The fraction of sp³-hybridized carbons (Fsp3) is 0.480. The van der Waals surface area contributed by atoms with Crippen molar-refractivity contribution < 1.29 is 24.1 Å². The highest BCUT2D eigenvalue weighted by molar-refractivity contribution is 5.77. The Hall–Kier alpha value is -2.61. The van der Waals surface area contributed by atoms with Gasteiger partial charge in [-0.05, 0) is 29.7 Å². The van der Waals surface area contributed by atoms with E-state index in [0.717, 1.165) is 24.4 Å². The van der Waals surface area contributed by atoms with Crippen LogP contribution in [0.25, 0.3) is 0 Å². The number of phenols is 1. The van der Waals surface area contributed by atoms with E-state index in [4.69, 9.17) is 14.2 Å². The summed E-state index contributed by atoms with van der Waals surface area (Å²) in [5, 5.41) is 10.2. The Morgan fingerprint density at radius 1 is 1.09 bits per heavy atom. The van der Waals surface area contributed by atoms with Crippen LogP contribution in [-0.4, -0.2) is 81.5 Å². The second kappa shape index (κ2) is 11.9. The zero-order valence-electron chi connectivity index (χ0n) is 19.2. The molecule has 1 aliphatic rings. The molecule has 0 aromatic heterocycles. The SMILES string of the molecule is COCCN(CC1CN(Cc2ccccc2O)CC1c1cccc(OC)c1)C(=O)COC. The molecule has 2 atom stereocenters. The highest BCUT2D eigenvalue weighted by Gasteiger charge is 2.36. The predicted octanol–water partition coefficient (Wildman–Crippen LogP) is 2.74. The van der Waals surface area contributed by atoms with Gasteiger partial charge in [0.1, 0.15) is 18.1 Å². The van der Waals surface area contributed by atoms with Gasteiger partial charge in [0.05, 0.1) is 13.7 Å². The average Bonchev–Trinajstić information content (AvgIpc) is 3.20. The largest absolute Gasteiger partial charge is 0.508 e. The summed E-state index contributed by atoms with van der Waals surface area (Å²) in [4.78, 5) is 16.9. The lowest BCUT2D eigenvalue weighted by Gasteiger charge is -2.28. The molecule has 32 heavy (non-hydrogen) atoms. The van der Waals surface area contributed by atoms with Crippen molar-refractivity contribution in [3.8, 4) is 11.5 Å². The maximum Gasteiger partial charge on any atom is 0.248 e. The second-order valence-corrected chi connectivity index (χ2v) is 8.23. The van der Waals surface area contributed by atoms with Crippen LogP contribution in [0.4, 0.5) is 0 Å². The lowest BCUT2D eigenvalue weighted by molar-refractivity contribution is -0.136. The van der Waals surface area contributed by atoms with Crippen molar-refractivity contribution in [2.45, 2.75) is 12.5 Å². The molecular formula is C25H34N2O5. The Bertz CT molecular complexity index is 875. The summed E-state index contributed by atoms with van der Waals surface area (Å²) in [6.45, 7) is 4.00. The van der Waals surface area contributed by atoms with E-state index in [9.17, 15) is 9.90 Å². The second-order valence-electron chi connectivity index (χ2n) is 8.23. The van der Waals surface area contributed by atoms with Gasteiger partial charge in [-0.2, -0.15) is 0 Å². The minimum atomic E-state index is -0.0342. The van der Waals surface area contributed by atoms with E-state index in [-0.39, 0.29) is 24.3 Å². The summed E-state index contributed by atoms with van der Waals surface area (Å²) in [5.41, 5.74) is 2.10. The van der Waals surface area contributed by atoms with E-state index in [1.165, 1.54) is 12.7 Å². The van der Waals surface area contributed by atoms with E-state index in [2.05, 4.69) is 17.0 Å². The molecule has 0 aliphatic carbocycles. The van der Waals surface area contributed by atoms with Crippen molar-refractivity contribution in [1.29, 1.82) is 0 Å². The number of ether oxygens (including phenoxy) is 3. The van der Waals surface area contributed by atoms with Crippen LogP contribution in [0.5, 0.6) is 11.5 Å². The van der Waals surface area contributed by atoms with Gasteiger partial charge in [0, 0.05) is 58.4 Å². The number of rotatable bonds is 11. The van der Waals surface area contributed by atoms with Crippen LogP contribution in [0.2, 0.25) is 0 Å². The highest BCUT2D eigenvalue weighted by Crippen LogP contribution is 2.36. The molecule has 3 rings (SSSR count). The number of methoxy groups -OCH3 is 3. The standard InChI is InChI=1S/C25H34N2O5/c1-30-12-11-27(25(29)18-31-2)16-21-15-26(14-20-7-4-5-10-24(20)28)17-23(21)19-8-6-9-22(13-19)32-3/h4-10,13,21,23,28H,11-12,14-18H2,1-3H3. The summed E-state index contributed by atoms with van der Waals surface area (Å²) in [6.07, 6.45) is 0. The first kappa shape index (κ1) is 24.0. The minimum Gasteiger partial charge on any atom is -0.508 e. The van der Waals surface area contributed by atoms with Crippen LogP contribution in [0.15, 0.2) is 48.5 Å². The van der Waals surface area contributed by atoms with Crippen molar-refractivity contribution in [1.82, 2.24) is 9.80 Å². The van der Waals surface area contributed by atoms with Gasteiger partial charge in [0.15, 0.2) is 0 Å². The fourth-order valence-electron chi connectivity index (χ4n) is 4.43. The van der Waals surface area contributed by atoms with E-state index >= 15 is 0 Å². The van der Waals surface area contributed by atoms with Crippen molar-refractivity contribution in [3.63, 3.8) is 0 Å². The monoisotopic (exact) mass is 442 g/mol. The first-order chi connectivity index (χ1) is 15.5. The summed E-state index contributed by atoms with van der Waals surface area (Å²) >= 11 is 0. The van der Waals surface area contributed by atoms with Crippen molar-refractivity contribution >= 4 is 5.91 Å². The normalized spacial score (nSPS) is 18.6. The number of nitrogens with zero attached hydrogens (tertiary/aromatic N) is 2. The van der Waals surface area contributed by atoms with Gasteiger partial charge in [-0.3, -0.25) is 9.69 Å². The molecule has 2 aromatic carbocycles. The molecule has 1 aliphatic heterocycles. The number of aromatic hydroxyl groups is 1. The van der Waals surface area contributed by atoms with Crippen molar-refractivity contribution in [2.24, 2.45) is 5.92 Å². The summed E-state index contributed by atoms with van der Waals surface area (Å²) < 4.78 is 15.8. The lowest BCUT2D eigenvalue weighted by atomic mass is 9.88. The quantitative estimate of drug-likeness (QED) is 0.577. The third-order valence-electron chi connectivity index (χ3n) is 6.06. The molecular weight excluding hydrogens is 408 g/mol. The first-order valence-corrected chi connectivity index (χ1v) is 10.9. The van der Waals surface area contributed by atoms with Gasteiger partial charge in [-0.1, -0.05) is 30.3 Å². The topological polar surface area (TPSA) is 71.5 Å². The Kier molecular flexibility index (Phi) is 8.90. The lowest BCUT2D eigenvalue weighted by Crippen LogP contribution is -2.41. The van der Waals surface area contributed by atoms with E-state index in [0.29, 0.717) is 32.0 Å². The molecule has 0 saturated carbocycles. The number of benzene rings is 2. The number of likely N-dealkylation sites (tertiary alicyclic amines) is 1. The van der Waals surface area contributed by atoms with E-state index in [1.807, 2.05) is 35.2 Å². The van der Waals surface area contributed by atoms with Crippen molar-refractivity contribution in [3.05, 3.63) is 59.7 Å². The Labute approximate surface area is 190 Å². The number of carbonyl (C=O) groups is 1. The Morgan fingerprint density at radius 2 is 1.91 bits per heavy atom. The van der Waals surface area contributed by atoms with Gasteiger partial charge in [-0.15, -0.1) is 0 Å². The Morgan fingerprint density at radius 3 is 2.62 bits per heavy atom. The van der Waals surface area contributed by atoms with Gasteiger partial charge in [0.25, 0.3) is 0 Å². The minimum absolute atomic E-state index is 0.0342. The molecule has 0 radical (unpaired) electrons. The van der Waals surface area contributed by atoms with Crippen LogP contribution in [0.1, 0.15) is 17.0 Å². The average molecular weight is 443 g/mol. The van der Waals surface area contributed by atoms with Crippen LogP contribution < -0.4 is 4.74 Å². The van der Waals surface area contributed by atoms with Gasteiger partial charge < -0.3 is 24.2 Å². The molecule has 2 aromatic rings. The van der Waals surface area contributed by atoms with Crippen LogP contribution >= 0.6 is 0 Å². The van der Waals surface area contributed by atoms with Gasteiger partial charge in [0.2, 0.25) is 5.91 Å². The molecule has 1 fully saturated rings. The number of phenolic OH excluding ortho intramolecular Hbond substituents is 1. The smallest absolute Gasteiger partial charge is 0.248 e. The summed E-state index contributed by atoms with van der Waals surface area (Å²) in [5.74, 6) is 1.56. The van der Waals surface area contributed by atoms with E-state index < -0.39 is 0 Å². The van der Waals surface area contributed by atoms with E-state index in [1.54, 1.807) is 20.3 Å². The molecule has 1 saturated heterocycles. The first-order valence-electron chi connectivity index (χ1n) is 10.9. The summed E-state index contributed by atoms with van der Waals surface area (Å²) in [6, 6.07) is 15.6. The number of hydrogen-bond acceptors (Lipinski definition) is 6. The molecule has 0 spiro atoms. The number of carbonyl (C=O) groups excluding carboxylic acids is 1. The molecule has 1 heterocycles. The molecule has 7 heteroatoms. The number of hydrogen-bond donors (Lipinski definition) is 1. The molecule has 7 nitrogen and oxygen atoms in total. The van der Waals surface area contributed by atoms with Gasteiger partial charge >= 0.3 is 0 Å². The third kappa shape index (κ3) is 6.22. The number of para-hydroxylation sites is 1. The maximum absolute atomic E-state index is 12.7. The molecule has 1 N–H and O–H groups in total. The summed E-state index contributed by atoms with van der Waals surface area (Å²) in [7, 11) is 4.85. The zero-order valence-corrected chi connectivity index (χ0v) is 19.2. The van der Waals surface area contributed by atoms with Crippen LogP contribution in [0.3, 0.4) is 0 Å². The molecule has 2 unspecified atom stereocenters. The maximum atomic E-state index is 12.7. The molecule has 1 amide bonds. The molecule has 174 valence electrons. The Balaban J connectivity index is 1.82. The number of amides is 1. The zero-order chi connectivity index (χ0) is 22.9. The molecule has 0 bridgehead atoms. The van der Waals surface area contributed by atoms with Gasteiger partial charge in [-0.25, -0.2) is 0 Å². The third-order valence-corrected chi connectivity index (χ3v) is 6.06. The van der Waals surface area contributed by atoms with Crippen LogP contribution in [0, 0.1) is 5.92 Å². The fourth-order valence-corrected chi connectivity index (χ4v) is 4.43. The van der Waals surface area contributed by atoms with Crippen LogP contribution in [-0.2, 0) is 20.8 Å². The highest BCUT2D eigenvalue weighted by atomic mass is 16.5. The van der Waals surface area contributed by atoms with Crippen molar-refractivity contribution in [2.75, 3.05) is 60.7 Å².